The number of nitrogens with zero attached hydrogens (tertiary/aromatic N) is 5. The van der Waals surface area contributed by atoms with Crippen molar-refractivity contribution in [3.8, 4) is 0 Å². The Bertz CT molecular complexity index is 728. The van der Waals surface area contributed by atoms with Gasteiger partial charge in [0.2, 0.25) is 5.91 Å². The van der Waals surface area contributed by atoms with Crippen molar-refractivity contribution in [3.63, 3.8) is 0 Å². The highest BCUT2D eigenvalue weighted by Gasteiger charge is 2.34. The van der Waals surface area contributed by atoms with Crippen LogP contribution in [0.5, 0.6) is 0 Å². The van der Waals surface area contributed by atoms with Gasteiger partial charge in [0.1, 0.15) is 18.2 Å². The second-order valence-electron chi connectivity index (χ2n) is 4.98. The standard InChI is InChI=1S/C13H16N6O3/c1-18-11-8(6-17-18)12(16-7-15-11)19-4-3-14-13(21)9(19)5-10(20)22-2/h6-7,9H,3-5H2,1-2H3,(H,14,21)/t9-/m0/s1. The van der Waals surface area contributed by atoms with Gasteiger partial charge in [0, 0.05) is 20.1 Å². The lowest BCUT2D eigenvalue weighted by Crippen LogP contribution is -2.56. The number of anilines is 1. The molecule has 1 saturated heterocycles. The summed E-state index contributed by atoms with van der Waals surface area (Å²) in [6.45, 7) is 1.04. The lowest BCUT2D eigenvalue weighted by Gasteiger charge is -2.35. The van der Waals surface area contributed by atoms with E-state index in [1.807, 2.05) is 0 Å². The van der Waals surface area contributed by atoms with Crippen LogP contribution in [0.3, 0.4) is 0 Å². The molecule has 9 nitrogen and oxygen atoms in total. The van der Waals surface area contributed by atoms with Crippen LogP contribution in [0.1, 0.15) is 6.42 Å². The summed E-state index contributed by atoms with van der Waals surface area (Å²) >= 11 is 0. The van der Waals surface area contributed by atoms with Crippen molar-refractivity contribution < 1.29 is 14.3 Å². The van der Waals surface area contributed by atoms with E-state index in [1.54, 1.807) is 22.8 Å². The zero-order valence-electron chi connectivity index (χ0n) is 12.3. The van der Waals surface area contributed by atoms with Gasteiger partial charge in [-0.3, -0.25) is 14.3 Å². The third kappa shape index (κ3) is 2.34. The van der Waals surface area contributed by atoms with Crippen LogP contribution >= 0.6 is 0 Å². The fourth-order valence-corrected chi connectivity index (χ4v) is 2.59. The highest BCUT2D eigenvalue weighted by Crippen LogP contribution is 2.25. The minimum atomic E-state index is -0.653. The zero-order valence-corrected chi connectivity index (χ0v) is 12.3. The number of carbonyl (C=O) groups excluding carboxylic acids is 2. The average Bonchev–Trinajstić information content (AvgIpc) is 2.91. The summed E-state index contributed by atoms with van der Waals surface area (Å²) in [7, 11) is 3.09. The van der Waals surface area contributed by atoms with Crippen molar-refractivity contribution in [1.82, 2.24) is 25.1 Å². The average molecular weight is 304 g/mol. The fourth-order valence-electron chi connectivity index (χ4n) is 2.59. The van der Waals surface area contributed by atoms with Gasteiger partial charge in [0.15, 0.2) is 5.65 Å². The second kappa shape index (κ2) is 5.58. The summed E-state index contributed by atoms with van der Waals surface area (Å²) in [6.07, 6.45) is 3.06. The molecule has 2 aromatic heterocycles. The molecule has 1 aliphatic rings. The molecule has 0 bridgehead atoms. The van der Waals surface area contributed by atoms with Gasteiger partial charge in [-0.15, -0.1) is 0 Å². The smallest absolute Gasteiger partial charge is 0.308 e. The summed E-state index contributed by atoms with van der Waals surface area (Å²) in [5.74, 6) is -0.0577. The number of ether oxygens (including phenoxy) is 1. The van der Waals surface area contributed by atoms with E-state index in [2.05, 4.69) is 25.1 Å². The van der Waals surface area contributed by atoms with Crippen molar-refractivity contribution in [1.29, 1.82) is 0 Å². The van der Waals surface area contributed by atoms with Gasteiger partial charge in [-0.2, -0.15) is 5.10 Å². The van der Waals surface area contributed by atoms with Gasteiger partial charge in [-0.1, -0.05) is 0 Å². The number of fused-ring (bicyclic) bond motifs is 1. The monoisotopic (exact) mass is 304 g/mol. The maximum atomic E-state index is 12.1. The Hall–Kier alpha value is -2.71. The molecule has 0 radical (unpaired) electrons. The van der Waals surface area contributed by atoms with Gasteiger partial charge in [0.25, 0.3) is 0 Å². The quantitative estimate of drug-likeness (QED) is 0.743. The number of nitrogens with one attached hydrogen (secondary N) is 1. The molecule has 1 aliphatic heterocycles. The van der Waals surface area contributed by atoms with Crippen LogP contribution in [-0.4, -0.2) is 57.9 Å². The highest BCUT2D eigenvalue weighted by molar-refractivity contribution is 5.94. The van der Waals surface area contributed by atoms with Crippen molar-refractivity contribution in [2.24, 2.45) is 7.05 Å². The summed E-state index contributed by atoms with van der Waals surface area (Å²) in [4.78, 5) is 34.0. The van der Waals surface area contributed by atoms with Gasteiger partial charge in [-0.25, -0.2) is 9.97 Å². The Balaban J connectivity index is 2.02. The van der Waals surface area contributed by atoms with E-state index in [1.165, 1.54) is 13.4 Å². The molecule has 0 saturated carbocycles. The number of hydrogen-bond acceptors (Lipinski definition) is 7. The molecule has 0 unspecified atom stereocenters. The minimum Gasteiger partial charge on any atom is -0.469 e. The van der Waals surface area contributed by atoms with Crippen LogP contribution in [-0.2, 0) is 21.4 Å². The topological polar surface area (TPSA) is 102 Å². The molecule has 0 aromatic carbocycles. The number of esters is 1. The lowest BCUT2D eigenvalue weighted by atomic mass is 10.1. The molecule has 1 amide bonds. The van der Waals surface area contributed by atoms with E-state index < -0.39 is 12.0 Å². The first-order valence-corrected chi connectivity index (χ1v) is 6.85. The number of aryl methyl sites for hydroxylation is 1. The molecule has 2 aromatic rings. The van der Waals surface area contributed by atoms with Crippen LogP contribution in [0.15, 0.2) is 12.5 Å². The first kappa shape index (κ1) is 14.2. The van der Waals surface area contributed by atoms with E-state index in [0.717, 1.165) is 5.39 Å². The van der Waals surface area contributed by atoms with Crippen LogP contribution in [0, 0.1) is 0 Å². The van der Waals surface area contributed by atoms with Crippen molar-refractivity contribution in [2.45, 2.75) is 12.5 Å². The van der Waals surface area contributed by atoms with Gasteiger partial charge in [0.05, 0.1) is 25.1 Å². The maximum Gasteiger partial charge on any atom is 0.308 e. The molecule has 22 heavy (non-hydrogen) atoms. The van der Waals surface area contributed by atoms with Crippen LogP contribution < -0.4 is 10.2 Å². The molecule has 9 heteroatoms. The number of aromatic nitrogens is 4. The minimum absolute atomic E-state index is 0.0336. The molecule has 1 N–H and O–H groups in total. The second-order valence-corrected chi connectivity index (χ2v) is 4.98. The molecule has 1 atom stereocenters. The molecular weight excluding hydrogens is 288 g/mol. The lowest BCUT2D eigenvalue weighted by molar-refractivity contribution is -0.143. The molecule has 1 fully saturated rings. The van der Waals surface area contributed by atoms with Crippen molar-refractivity contribution >= 4 is 28.7 Å². The van der Waals surface area contributed by atoms with E-state index >= 15 is 0 Å². The Morgan fingerprint density at radius 1 is 1.50 bits per heavy atom. The fraction of sp³-hybridized carbons (Fsp3) is 0.462. The number of piperazine rings is 1. The normalized spacial score (nSPS) is 18.4. The van der Waals surface area contributed by atoms with Crippen LogP contribution in [0.25, 0.3) is 11.0 Å². The van der Waals surface area contributed by atoms with E-state index in [-0.39, 0.29) is 12.3 Å². The maximum absolute atomic E-state index is 12.1. The first-order valence-electron chi connectivity index (χ1n) is 6.85. The first-order chi connectivity index (χ1) is 10.6. The van der Waals surface area contributed by atoms with E-state index in [9.17, 15) is 9.59 Å². The molecule has 116 valence electrons. The van der Waals surface area contributed by atoms with Crippen LogP contribution in [0.2, 0.25) is 0 Å². The Morgan fingerprint density at radius 2 is 2.32 bits per heavy atom. The summed E-state index contributed by atoms with van der Waals surface area (Å²) in [5.41, 5.74) is 0.674. The Morgan fingerprint density at radius 3 is 3.09 bits per heavy atom. The highest BCUT2D eigenvalue weighted by atomic mass is 16.5. The predicted molar refractivity (Wildman–Crippen MR) is 77.1 cm³/mol. The van der Waals surface area contributed by atoms with Crippen molar-refractivity contribution in [3.05, 3.63) is 12.5 Å². The van der Waals surface area contributed by atoms with E-state index in [0.29, 0.717) is 24.6 Å². The van der Waals surface area contributed by atoms with Gasteiger partial charge >= 0.3 is 5.97 Å². The number of carbonyl (C=O) groups is 2. The molecule has 0 aliphatic carbocycles. The number of amides is 1. The molecular formula is C13H16N6O3. The largest absolute Gasteiger partial charge is 0.469 e. The number of hydrogen-bond donors (Lipinski definition) is 1. The summed E-state index contributed by atoms with van der Waals surface area (Å²) < 4.78 is 6.32. The third-order valence-electron chi connectivity index (χ3n) is 3.70. The molecule has 0 spiro atoms. The summed E-state index contributed by atoms with van der Waals surface area (Å²) in [6, 6.07) is -0.653. The Labute approximate surface area is 126 Å². The molecule has 3 heterocycles. The van der Waals surface area contributed by atoms with E-state index in [4.69, 9.17) is 0 Å². The van der Waals surface area contributed by atoms with Crippen molar-refractivity contribution in [2.75, 3.05) is 25.1 Å². The number of methoxy groups -OCH3 is 1. The SMILES string of the molecule is COC(=O)C[C@H]1C(=O)NCCN1c1ncnc2c1cnn2C. The number of rotatable bonds is 3. The Kier molecular flexibility index (Phi) is 3.61. The summed E-state index contributed by atoms with van der Waals surface area (Å²) in [5, 5.41) is 7.67. The van der Waals surface area contributed by atoms with Gasteiger partial charge in [-0.05, 0) is 0 Å². The van der Waals surface area contributed by atoms with Crippen LogP contribution in [0.4, 0.5) is 5.82 Å². The predicted octanol–water partition coefficient (Wildman–Crippen LogP) is -0.769. The van der Waals surface area contributed by atoms with Gasteiger partial charge < -0.3 is 15.0 Å². The molecule has 3 rings (SSSR count). The third-order valence-corrected chi connectivity index (χ3v) is 3.70. The zero-order chi connectivity index (χ0) is 15.7.